The summed E-state index contributed by atoms with van der Waals surface area (Å²) in [5, 5.41) is 0. The van der Waals surface area contributed by atoms with E-state index in [0.717, 1.165) is 27.6 Å². The molecule has 0 fully saturated rings. The largest absolute Gasteiger partial charge is 0.444 e. The third kappa shape index (κ3) is 3.98. The molecule has 0 aromatic heterocycles. The number of carbonyl (C=O) groups excluding carboxylic acids is 1. The standard InChI is InChI=1S/C16H23BrN2O2/c1-10-7-11-9-19(15(20)21-16(2,3)4)6-5-14(18)12(11)8-13(10)17/h7-8,14H,5-6,9,18H2,1-4H3/t14-/m0/s1. The lowest BCUT2D eigenvalue weighted by Gasteiger charge is -2.26. The number of amides is 1. The van der Waals surface area contributed by atoms with E-state index in [0.29, 0.717) is 13.1 Å². The Morgan fingerprint density at radius 3 is 2.71 bits per heavy atom. The third-order valence-corrected chi connectivity index (χ3v) is 4.40. The highest BCUT2D eigenvalue weighted by molar-refractivity contribution is 9.10. The van der Waals surface area contributed by atoms with Gasteiger partial charge in [-0.25, -0.2) is 4.79 Å². The van der Waals surface area contributed by atoms with Gasteiger partial charge in [-0.05, 0) is 56.9 Å². The van der Waals surface area contributed by atoms with Crippen LogP contribution in [-0.2, 0) is 11.3 Å². The predicted molar refractivity (Wildman–Crippen MR) is 87.1 cm³/mol. The molecule has 0 saturated heterocycles. The Labute approximate surface area is 134 Å². The van der Waals surface area contributed by atoms with Gasteiger partial charge in [0.25, 0.3) is 0 Å². The zero-order valence-electron chi connectivity index (χ0n) is 13.1. The Hall–Kier alpha value is -1.07. The Kier molecular flexibility index (Phi) is 4.63. The zero-order valence-corrected chi connectivity index (χ0v) is 14.7. The lowest BCUT2D eigenvalue weighted by Crippen LogP contribution is -2.36. The van der Waals surface area contributed by atoms with E-state index in [9.17, 15) is 4.79 Å². The first-order chi connectivity index (χ1) is 9.67. The average molecular weight is 355 g/mol. The second-order valence-corrected chi connectivity index (χ2v) is 7.45. The summed E-state index contributed by atoms with van der Waals surface area (Å²) in [6.45, 7) is 8.84. The smallest absolute Gasteiger partial charge is 0.410 e. The lowest BCUT2D eigenvalue weighted by atomic mass is 9.98. The SMILES string of the molecule is Cc1cc2c(cc1Br)[C@@H](N)CCN(C(=O)OC(C)(C)C)C2. The molecular formula is C16H23BrN2O2. The van der Waals surface area contributed by atoms with Crippen LogP contribution in [0.5, 0.6) is 0 Å². The summed E-state index contributed by atoms with van der Waals surface area (Å²) in [6.07, 6.45) is 0.463. The van der Waals surface area contributed by atoms with Crippen molar-refractivity contribution in [3.8, 4) is 0 Å². The van der Waals surface area contributed by atoms with E-state index in [1.165, 1.54) is 0 Å². The van der Waals surface area contributed by atoms with E-state index < -0.39 is 5.60 Å². The van der Waals surface area contributed by atoms with Crippen molar-refractivity contribution < 1.29 is 9.53 Å². The molecule has 1 aliphatic rings. The molecule has 0 bridgehead atoms. The Balaban J connectivity index is 2.27. The molecule has 1 aromatic rings. The molecule has 5 heteroatoms. The molecule has 0 unspecified atom stereocenters. The summed E-state index contributed by atoms with van der Waals surface area (Å²) >= 11 is 3.55. The molecule has 1 atom stereocenters. The molecule has 0 radical (unpaired) electrons. The van der Waals surface area contributed by atoms with Crippen molar-refractivity contribution in [1.29, 1.82) is 0 Å². The number of nitrogens with zero attached hydrogens (tertiary/aromatic N) is 1. The number of halogens is 1. The summed E-state index contributed by atoms with van der Waals surface area (Å²) in [4.78, 5) is 14.0. The molecule has 2 N–H and O–H groups in total. The Morgan fingerprint density at radius 2 is 2.10 bits per heavy atom. The fourth-order valence-corrected chi connectivity index (χ4v) is 2.82. The molecule has 2 rings (SSSR count). The summed E-state index contributed by atoms with van der Waals surface area (Å²) in [5.41, 5.74) is 9.13. The second kappa shape index (κ2) is 5.97. The first-order valence-corrected chi connectivity index (χ1v) is 7.99. The van der Waals surface area contributed by atoms with Crippen LogP contribution in [0, 0.1) is 6.92 Å². The van der Waals surface area contributed by atoms with Crippen LogP contribution in [0.3, 0.4) is 0 Å². The van der Waals surface area contributed by atoms with Gasteiger partial charge in [0, 0.05) is 23.6 Å². The van der Waals surface area contributed by atoms with E-state index in [4.69, 9.17) is 10.5 Å². The number of hydrogen-bond acceptors (Lipinski definition) is 3. The number of rotatable bonds is 0. The number of aryl methyl sites for hydroxylation is 1. The second-order valence-electron chi connectivity index (χ2n) is 6.60. The van der Waals surface area contributed by atoms with Crippen LogP contribution in [-0.4, -0.2) is 23.1 Å². The van der Waals surface area contributed by atoms with Crippen LogP contribution in [0.4, 0.5) is 4.79 Å². The van der Waals surface area contributed by atoms with Crippen LogP contribution in [0.15, 0.2) is 16.6 Å². The number of carbonyl (C=O) groups is 1. The highest BCUT2D eigenvalue weighted by Gasteiger charge is 2.27. The van der Waals surface area contributed by atoms with E-state index in [1.807, 2.05) is 27.7 Å². The van der Waals surface area contributed by atoms with Gasteiger partial charge in [-0.15, -0.1) is 0 Å². The number of nitrogens with two attached hydrogens (primary N) is 1. The normalized spacial score (nSPS) is 19.0. The predicted octanol–water partition coefficient (Wildman–Crippen LogP) is 3.90. The van der Waals surface area contributed by atoms with Gasteiger partial charge in [-0.2, -0.15) is 0 Å². The zero-order chi connectivity index (χ0) is 15.8. The molecule has 116 valence electrons. The van der Waals surface area contributed by atoms with Gasteiger partial charge in [-0.1, -0.05) is 22.0 Å². The van der Waals surface area contributed by atoms with Gasteiger partial charge in [0.15, 0.2) is 0 Å². The fraction of sp³-hybridized carbons (Fsp3) is 0.562. The minimum absolute atomic E-state index is 0.0515. The van der Waals surface area contributed by atoms with Crippen molar-refractivity contribution in [3.05, 3.63) is 33.3 Å². The molecular weight excluding hydrogens is 332 g/mol. The van der Waals surface area contributed by atoms with Crippen molar-refractivity contribution in [2.45, 2.75) is 52.3 Å². The fourth-order valence-electron chi connectivity index (χ4n) is 2.46. The van der Waals surface area contributed by atoms with Gasteiger partial charge < -0.3 is 15.4 Å². The summed E-state index contributed by atoms with van der Waals surface area (Å²) in [7, 11) is 0. The van der Waals surface area contributed by atoms with E-state index in [-0.39, 0.29) is 12.1 Å². The van der Waals surface area contributed by atoms with Gasteiger partial charge in [0.1, 0.15) is 5.60 Å². The van der Waals surface area contributed by atoms with Crippen LogP contribution in [0.25, 0.3) is 0 Å². The number of benzene rings is 1. The van der Waals surface area contributed by atoms with Crippen molar-refractivity contribution in [3.63, 3.8) is 0 Å². The van der Waals surface area contributed by atoms with Crippen LogP contribution >= 0.6 is 15.9 Å². The van der Waals surface area contributed by atoms with Crippen LogP contribution < -0.4 is 5.73 Å². The van der Waals surface area contributed by atoms with Gasteiger partial charge in [-0.3, -0.25) is 0 Å². The van der Waals surface area contributed by atoms with E-state index in [2.05, 4.69) is 28.1 Å². The molecule has 1 aliphatic heterocycles. The lowest BCUT2D eigenvalue weighted by molar-refractivity contribution is 0.0235. The van der Waals surface area contributed by atoms with Crippen molar-refractivity contribution in [2.24, 2.45) is 5.73 Å². The molecule has 1 aromatic carbocycles. The van der Waals surface area contributed by atoms with Gasteiger partial charge in [0.05, 0.1) is 0 Å². The minimum Gasteiger partial charge on any atom is -0.444 e. The molecule has 1 heterocycles. The maximum Gasteiger partial charge on any atom is 0.410 e. The molecule has 0 spiro atoms. The van der Waals surface area contributed by atoms with Crippen LogP contribution in [0.1, 0.15) is 49.9 Å². The number of hydrogen-bond donors (Lipinski definition) is 1. The molecule has 1 amide bonds. The first-order valence-electron chi connectivity index (χ1n) is 7.20. The monoisotopic (exact) mass is 354 g/mol. The third-order valence-electron chi connectivity index (χ3n) is 3.54. The summed E-state index contributed by atoms with van der Waals surface area (Å²) in [5.74, 6) is 0. The quantitative estimate of drug-likeness (QED) is 0.768. The van der Waals surface area contributed by atoms with E-state index in [1.54, 1.807) is 4.90 Å². The molecule has 21 heavy (non-hydrogen) atoms. The van der Waals surface area contributed by atoms with Crippen LogP contribution in [0.2, 0.25) is 0 Å². The Morgan fingerprint density at radius 1 is 1.43 bits per heavy atom. The van der Waals surface area contributed by atoms with E-state index >= 15 is 0 Å². The average Bonchev–Trinajstić information content (AvgIpc) is 2.49. The molecule has 4 nitrogen and oxygen atoms in total. The Bertz CT molecular complexity index is 552. The highest BCUT2D eigenvalue weighted by atomic mass is 79.9. The molecule has 0 aliphatic carbocycles. The minimum atomic E-state index is -0.482. The van der Waals surface area contributed by atoms with Crippen molar-refractivity contribution >= 4 is 22.0 Å². The topological polar surface area (TPSA) is 55.6 Å². The summed E-state index contributed by atoms with van der Waals surface area (Å²) < 4.78 is 6.53. The highest BCUT2D eigenvalue weighted by Crippen LogP contribution is 2.30. The first kappa shape index (κ1) is 16.3. The maximum atomic E-state index is 12.3. The van der Waals surface area contributed by atoms with Gasteiger partial charge >= 0.3 is 6.09 Å². The number of ether oxygens (including phenoxy) is 1. The molecule has 0 saturated carbocycles. The van der Waals surface area contributed by atoms with Crippen molar-refractivity contribution in [2.75, 3.05) is 6.54 Å². The maximum absolute atomic E-state index is 12.3. The number of fused-ring (bicyclic) bond motifs is 1. The van der Waals surface area contributed by atoms with Crippen molar-refractivity contribution in [1.82, 2.24) is 4.90 Å². The van der Waals surface area contributed by atoms with Gasteiger partial charge in [0.2, 0.25) is 0 Å². The summed E-state index contributed by atoms with van der Waals surface area (Å²) in [6, 6.07) is 4.12.